The molecule has 0 radical (unpaired) electrons. The van der Waals surface area contributed by atoms with Crippen LogP contribution in [-0.4, -0.2) is 30.3 Å². The van der Waals surface area contributed by atoms with Gasteiger partial charge in [0.05, 0.1) is 6.54 Å². The van der Waals surface area contributed by atoms with E-state index in [1.807, 2.05) is 0 Å². The highest BCUT2D eigenvalue weighted by Gasteiger charge is 2.23. The summed E-state index contributed by atoms with van der Waals surface area (Å²) in [4.78, 5) is 14.6. The van der Waals surface area contributed by atoms with Gasteiger partial charge in [-0.3, -0.25) is 0 Å². The molecule has 1 atom stereocenters. The molecule has 0 aliphatic carbocycles. The lowest BCUT2D eigenvalue weighted by Gasteiger charge is -2.10. The molecule has 1 fully saturated rings. The van der Waals surface area contributed by atoms with Gasteiger partial charge in [0.15, 0.2) is 17.0 Å². The summed E-state index contributed by atoms with van der Waals surface area (Å²) in [5, 5.41) is 2.83. The summed E-state index contributed by atoms with van der Waals surface area (Å²) in [6.07, 6.45) is 0.890. The number of alkyl carbamates (subject to hydrolysis) is 1. The van der Waals surface area contributed by atoms with Crippen LogP contribution in [0, 0.1) is 0 Å². The summed E-state index contributed by atoms with van der Waals surface area (Å²) in [5.74, 6) is 0.488. The van der Waals surface area contributed by atoms with Crippen molar-refractivity contribution >= 4 is 17.7 Å². The number of hydrogen-bond donors (Lipinski definition) is 1. The summed E-state index contributed by atoms with van der Waals surface area (Å²) in [7, 11) is 0. The van der Waals surface area contributed by atoms with Gasteiger partial charge in [-0.15, -0.1) is 0 Å². The van der Waals surface area contributed by atoms with E-state index in [1.54, 1.807) is 18.3 Å². The summed E-state index contributed by atoms with van der Waals surface area (Å²) >= 11 is 5.78. The Bertz CT molecular complexity index is 372. The number of rotatable bonds is 3. The normalized spacial score (nSPS) is 19.5. The van der Waals surface area contributed by atoms with E-state index in [2.05, 4.69) is 10.3 Å². The fraction of sp³-hybridized carbons (Fsp3) is 0.333. The highest BCUT2D eigenvalue weighted by atomic mass is 35.5. The third-order valence-corrected chi connectivity index (χ3v) is 2.18. The molecule has 1 aliphatic rings. The van der Waals surface area contributed by atoms with Crippen molar-refractivity contribution in [1.29, 1.82) is 0 Å². The molecular weight excluding hydrogens is 220 g/mol. The van der Waals surface area contributed by atoms with Gasteiger partial charge in [0.25, 0.3) is 0 Å². The minimum atomic E-state index is -0.416. The second-order valence-electron chi connectivity index (χ2n) is 3.01. The molecule has 15 heavy (non-hydrogen) atoms. The Labute approximate surface area is 91.3 Å². The molecule has 1 aliphatic heterocycles. The number of aromatic nitrogens is 1. The molecule has 1 saturated heterocycles. The largest absolute Gasteiger partial charge is 0.486 e. The van der Waals surface area contributed by atoms with Crippen molar-refractivity contribution in [3.05, 3.63) is 23.5 Å². The predicted molar refractivity (Wildman–Crippen MR) is 53.0 cm³/mol. The SMILES string of the molecule is O=C1NCC(COc2cccnc2Cl)O1. The standard InChI is InChI=1S/C9H9ClN2O3/c10-8-7(2-1-3-11-8)14-5-6-4-12-9(13)15-6/h1-3,6H,4-5H2,(H,12,13). The number of ether oxygens (including phenoxy) is 2. The third kappa shape index (κ3) is 2.50. The molecule has 0 spiro atoms. The van der Waals surface area contributed by atoms with Crippen LogP contribution in [0.1, 0.15) is 0 Å². The van der Waals surface area contributed by atoms with Gasteiger partial charge in [-0.25, -0.2) is 9.78 Å². The molecule has 1 aromatic rings. The van der Waals surface area contributed by atoms with E-state index in [4.69, 9.17) is 21.1 Å². The van der Waals surface area contributed by atoms with Crippen LogP contribution in [0.25, 0.3) is 0 Å². The Morgan fingerprint density at radius 2 is 2.60 bits per heavy atom. The molecule has 80 valence electrons. The van der Waals surface area contributed by atoms with Gasteiger partial charge in [-0.2, -0.15) is 0 Å². The van der Waals surface area contributed by atoms with E-state index in [0.29, 0.717) is 17.4 Å². The van der Waals surface area contributed by atoms with Crippen LogP contribution >= 0.6 is 11.6 Å². The van der Waals surface area contributed by atoms with Crippen LogP contribution in [0.4, 0.5) is 4.79 Å². The molecule has 1 unspecified atom stereocenters. The lowest BCUT2D eigenvalue weighted by molar-refractivity contribution is 0.105. The van der Waals surface area contributed by atoms with E-state index in [9.17, 15) is 4.79 Å². The number of carbonyl (C=O) groups excluding carboxylic acids is 1. The number of nitrogens with zero attached hydrogens (tertiary/aromatic N) is 1. The molecule has 6 heteroatoms. The van der Waals surface area contributed by atoms with Crippen LogP contribution < -0.4 is 10.1 Å². The average molecular weight is 229 g/mol. The quantitative estimate of drug-likeness (QED) is 0.791. The van der Waals surface area contributed by atoms with E-state index in [0.717, 1.165) is 0 Å². The maximum absolute atomic E-state index is 10.7. The Balaban J connectivity index is 1.88. The second-order valence-corrected chi connectivity index (χ2v) is 3.37. The molecule has 5 nitrogen and oxygen atoms in total. The van der Waals surface area contributed by atoms with Crippen LogP contribution in [-0.2, 0) is 4.74 Å². The maximum atomic E-state index is 10.7. The first kappa shape index (κ1) is 10.0. The van der Waals surface area contributed by atoms with Crippen LogP contribution in [0.5, 0.6) is 5.75 Å². The lowest BCUT2D eigenvalue weighted by Crippen LogP contribution is -2.22. The van der Waals surface area contributed by atoms with E-state index >= 15 is 0 Å². The molecular formula is C9H9ClN2O3. The molecule has 0 aromatic carbocycles. The first-order valence-corrected chi connectivity index (χ1v) is 4.81. The van der Waals surface area contributed by atoms with Gasteiger partial charge in [0.2, 0.25) is 0 Å². The Morgan fingerprint density at radius 3 is 3.27 bits per heavy atom. The van der Waals surface area contributed by atoms with Crippen molar-refractivity contribution in [2.45, 2.75) is 6.10 Å². The van der Waals surface area contributed by atoms with E-state index in [-0.39, 0.29) is 12.7 Å². The number of hydrogen-bond acceptors (Lipinski definition) is 4. The van der Waals surface area contributed by atoms with E-state index < -0.39 is 6.09 Å². The summed E-state index contributed by atoms with van der Waals surface area (Å²) < 4.78 is 10.2. The zero-order chi connectivity index (χ0) is 10.7. The molecule has 2 rings (SSSR count). The van der Waals surface area contributed by atoms with Crippen molar-refractivity contribution < 1.29 is 14.3 Å². The lowest BCUT2D eigenvalue weighted by atomic mass is 10.4. The van der Waals surface area contributed by atoms with Crippen molar-refractivity contribution in [1.82, 2.24) is 10.3 Å². The summed E-state index contributed by atoms with van der Waals surface area (Å²) in [5.41, 5.74) is 0. The third-order valence-electron chi connectivity index (χ3n) is 1.90. The minimum absolute atomic E-state index is 0.268. The number of cyclic esters (lactones) is 1. The van der Waals surface area contributed by atoms with Gasteiger partial charge in [-0.05, 0) is 12.1 Å². The monoisotopic (exact) mass is 228 g/mol. The van der Waals surface area contributed by atoms with Crippen LogP contribution in [0.2, 0.25) is 5.15 Å². The molecule has 1 aromatic heterocycles. The number of carbonyl (C=O) groups is 1. The Hall–Kier alpha value is -1.49. The van der Waals surface area contributed by atoms with Crippen molar-refractivity contribution in [3.8, 4) is 5.75 Å². The zero-order valence-electron chi connectivity index (χ0n) is 7.77. The number of halogens is 1. The zero-order valence-corrected chi connectivity index (χ0v) is 8.53. The van der Waals surface area contributed by atoms with Crippen LogP contribution in [0.15, 0.2) is 18.3 Å². The highest BCUT2D eigenvalue weighted by molar-refractivity contribution is 6.30. The van der Waals surface area contributed by atoms with Gasteiger partial charge < -0.3 is 14.8 Å². The number of pyridine rings is 1. The first-order chi connectivity index (χ1) is 7.25. The molecule has 0 bridgehead atoms. The van der Waals surface area contributed by atoms with Crippen molar-refractivity contribution in [2.75, 3.05) is 13.2 Å². The average Bonchev–Trinajstić information content (AvgIpc) is 2.63. The topological polar surface area (TPSA) is 60.5 Å². The molecule has 1 N–H and O–H groups in total. The maximum Gasteiger partial charge on any atom is 0.407 e. The molecule has 1 amide bonds. The Kier molecular flexibility index (Phi) is 2.91. The van der Waals surface area contributed by atoms with Crippen LogP contribution in [0.3, 0.4) is 0 Å². The van der Waals surface area contributed by atoms with Gasteiger partial charge in [0, 0.05) is 6.20 Å². The van der Waals surface area contributed by atoms with Gasteiger partial charge in [-0.1, -0.05) is 11.6 Å². The van der Waals surface area contributed by atoms with Crippen molar-refractivity contribution in [3.63, 3.8) is 0 Å². The Morgan fingerprint density at radius 1 is 1.73 bits per heavy atom. The van der Waals surface area contributed by atoms with E-state index in [1.165, 1.54) is 0 Å². The van der Waals surface area contributed by atoms with Crippen molar-refractivity contribution in [2.24, 2.45) is 0 Å². The highest BCUT2D eigenvalue weighted by Crippen LogP contribution is 2.20. The van der Waals surface area contributed by atoms with Gasteiger partial charge >= 0.3 is 6.09 Å². The molecule has 0 saturated carbocycles. The number of nitrogens with one attached hydrogen (secondary N) is 1. The molecule has 2 heterocycles. The summed E-state index contributed by atoms with van der Waals surface area (Å²) in [6.45, 7) is 0.723. The smallest absolute Gasteiger partial charge is 0.407 e. The summed E-state index contributed by atoms with van der Waals surface area (Å²) in [6, 6.07) is 3.43. The fourth-order valence-corrected chi connectivity index (χ4v) is 1.36. The second kappa shape index (κ2) is 4.35. The number of amides is 1. The first-order valence-electron chi connectivity index (χ1n) is 4.43. The van der Waals surface area contributed by atoms with Gasteiger partial charge in [0.1, 0.15) is 6.61 Å². The fourth-order valence-electron chi connectivity index (χ4n) is 1.19. The predicted octanol–water partition coefficient (Wildman–Crippen LogP) is 1.22. The minimum Gasteiger partial charge on any atom is -0.486 e.